The predicted molar refractivity (Wildman–Crippen MR) is 42.5 cm³/mol. The van der Waals surface area contributed by atoms with Crippen LogP contribution in [0.15, 0.2) is 12.1 Å². The number of ether oxygens (including phenoxy) is 1. The van der Waals surface area contributed by atoms with E-state index in [2.05, 4.69) is 4.98 Å². The minimum Gasteiger partial charge on any atom is -0.481 e. The minimum atomic E-state index is -1.24. The van der Waals surface area contributed by atoms with Gasteiger partial charge in [0.1, 0.15) is 6.07 Å². The molecule has 13 heavy (non-hydrogen) atoms. The molecule has 0 aliphatic carbocycles. The van der Waals surface area contributed by atoms with Crippen LogP contribution in [0.4, 0.5) is 0 Å². The third-order valence-electron chi connectivity index (χ3n) is 1.40. The van der Waals surface area contributed by atoms with Crippen molar-refractivity contribution < 1.29 is 14.6 Å². The summed E-state index contributed by atoms with van der Waals surface area (Å²) in [5.74, 6) is -1.06. The number of aromatic carboxylic acids is 1. The predicted octanol–water partition coefficient (Wildman–Crippen LogP) is 0.660. The number of aromatic nitrogens is 1. The van der Waals surface area contributed by atoms with Crippen LogP contribution >= 0.6 is 0 Å². The Bertz CT molecular complexity index is 381. The van der Waals surface area contributed by atoms with Crippen LogP contribution in [-0.2, 0) is 0 Å². The SMILES string of the molecule is COc1ccc(C#N)c(C(=O)O)n1. The molecule has 0 aliphatic heterocycles. The first-order chi connectivity index (χ1) is 6.19. The van der Waals surface area contributed by atoms with Crippen molar-refractivity contribution in [1.29, 1.82) is 5.26 Å². The first-order valence-electron chi connectivity index (χ1n) is 3.37. The summed E-state index contributed by atoms with van der Waals surface area (Å²) in [6.07, 6.45) is 0. The standard InChI is InChI=1S/C8H6N2O3/c1-13-6-3-2-5(4-9)7(10-6)8(11)12/h2-3H,1H3,(H,11,12). The van der Waals surface area contributed by atoms with E-state index in [9.17, 15) is 4.79 Å². The second-order valence-electron chi connectivity index (χ2n) is 2.17. The van der Waals surface area contributed by atoms with Crippen molar-refractivity contribution in [3.05, 3.63) is 23.4 Å². The lowest BCUT2D eigenvalue weighted by Crippen LogP contribution is -2.04. The number of carboxylic acid groups (broad SMARTS) is 1. The Balaban J connectivity index is 3.28. The second kappa shape index (κ2) is 3.54. The maximum atomic E-state index is 10.6. The molecule has 0 spiro atoms. The third kappa shape index (κ3) is 1.73. The van der Waals surface area contributed by atoms with Crippen molar-refractivity contribution in [2.75, 3.05) is 7.11 Å². The number of carbonyl (C=O) groups is 1. The van der Waals surface area contributed by atoms with E-state index in [1.165, 1.54) is 19.2 Å². The van der Waals surface area contributed by atoms with E-state index in [0.717, 1.165) is 0 Å². The first kappa shape index (κ1) is 9.00. The maximum Gasteiger partial charge on any atom is 0.356 e. The van der Waals surface area contributed by atoms with Gasteiger partial charge in [-0.1, -0.05) is 0 Å². The fourth-order valence-corrected chi connectivity index (χ4v) is 0.808. The zero-order valence-electron chi connectivity index (χ0n) is 6.81. The van der Waals surface area contributed by atoms with Crippen molar-refractivity contribution >= 4 is 5.97 Å². The Kier molecular flexibility index (Phi) is 2.45. The summed E-state index contributed by atoms with van der Waals surface area (Å²) in [5, 5.41) is 17.2. The quantitative estimate of drug-likeness (QED) is 0.719. The Morgan fingerprint density at radius 3 is 2.85 bits per heavy atom. The summed E-state index contributed by atoms with van der Waals surface area (Å²) < 4.78 is 4.72. The molecule has 1 aromatic heterocycles. The average molecular weight is 178 g/mol. The van der Waals surface area contributed by atoms with Crippen LogP contribution in [0.3, 0.4) is 0 Å². The number of rotatable bonds is 2. The number of pyridine rings is 1. The van der Waals surface area contributed by atoms with Gasteiger partial charge in [-0.05, 0) is 6.07 Å². The van der Waals surface area contributed by atoms with Gasteiger partial charge in [0, 0.05) is 6.07 Å². The molecule has 0 aliphatic rings. The number of carboxylic acids is 1. The van der Waals surface area contributed by atoms with Gasteiger partial charge in [0.05, 0.1) is 12.7 Å². The van der Waals surface area contributed by atoms with Gasteiger partial charge in [-0.3, -0.25) is 0 Å². The van der Waals surface area contributed by atoms with E-state index in [0.29, 0.717) is 0 Å². The molecular weight excluding hydrogens is 172 g/mol. The smallest absolute Gasteiger partial charge is 0.356 e. The molecule has 0 unspecified atom stereocenters. The summed E-state index contributed by atoms with van der Waals surface area (Å²) in [7, 11) is 1.38. The van der Waals surface area contributed by atoms with Crippen LogP contribution in [0.1, 0.15) is 16.1 Å². The van der Waals surface area contributed by atoms with Crippen LogP contribution in [0.5, 0.6) is 5.88 Å². The topological polar surface area (TPSA) is 83.2 Å². The van der Waals surface area contributed by atoms with Gasteiger partial charge in [0.25, 0.3) is 0 Å². The molecule has 1 N–H and O–H groups in total. The van der Waals surface area contributed by atoms with Gasteiger partial charge in [0.2, 0.25) is 5.88 Å². The van der Waals surface area contributed by atoms with E-state index in [1.807, 2.05) is 0 Å². The molecule has 66 valence electrons. The van der Waals surface area contributed by atoms with Gasteiger partial charge in [0.15, 0.2) is 5.69 Å². The molecule has 0 aromatic carbocycles. The van der Waals surface area contributed by atoms with Gasteiger partial charge in [-0.15, -0.1) is 0 Å². The van der Waals surface area contributed by atoms with E-state index in [-0.39, 0.29) is 17.1 Å². The van der Waals surface area contributed by atoms with Gasteiger partial charge < -0.3 is 9.84 Å². The van der Waals surface area contributed by atoms with Gasteiger partial charge in [-0.25, -0.2) is 9.78 Å². The Labute approximate surface area is 74.2 Å². The Hall–Kier alpha value is -2.09. The summed E-state index contributed by atoms with van der Waals surface area (Å²) in [6, 6.07) is 4.52. The highest BCUT2D eigenvalue weighted by Gasteiger charge is 2.12. The van der Waals surface area contributed by atoms with Crippen molar-refractivity contribution in [2.45, 2.75) is 0 Å². The Morgan fingerprint density at radius 2 is 2.38 bits per heavy atom. The van der Waals surface area contributed by atoms with Crippen molar-refractivity contribution in [3.8, 4) is 11.9 Å². The Morgan fingerprint density at radius 1 is 1.69 bits per heavy atom. The van der Waals surface area contributed by atoms with Crippen LogP contribution in [0.2, 0.25) is 0 Å². The second-order valence-corrected chi connectivity index (χ2v) is 2.17. The molecule has 0 bridgehead atoms. The number of methoxy groups -OCH3 is 1. The van der Waals surface area contributed by atoms with Crippen molar-refractivity contribution in [3.63, 3.8) is 0 Å². The number of hydrogen-bond donors (Lipinski definition) is 1. The fraction of sp³-hybridized carbons (Fsp3) is 0.125. The monoisotopic (exact) mass is 178 g/mol. The molecule has 5 nitrogen and oxygen atoms in total. The lowest BCUT2D eigenvalue weighted by molar-refractivity contribution is 0.0689. The van der Waals surface area contributed by atoms with E-state index in [4.69, 9.17) is 15.1 Å². The molecule has 0 saturated heterocycles. The number of nitrogens with zero attached hydrogens (tertiary/aromatic N) is 2. The first-order valence-corrected chi connectivity index (χ1v) is 3.37. The molecule has 0 radical (unpaired) electrons. The summed E-state index contributed by atoms with van der Waals surface area (Å²) in [4.78, 5) is 14.2. The molecule has 0 amide bonds. The highest BCUT2D eigenvalue weighted by atomic mass is 16.5. The zero-order valence-corrected chi connectivity index (χ0v) is 6.81. The van der Waals surface area contributed by atoms with Gasteiger partial charge in [-0.2, -0.15) is 5.26 Å². The van der Waals surface area contributed by atoms with Gasteiger partial charge >= 0.3 is 5.97 Å². The highest BCUT2D eigenvalue weighted by Crippen LogP contribution is 2.11. The van der Waals surface area contributed by atoms with Crippen LogP contribution in [-0.4, -0.2) is 23.2 Å². The highest BCUT2D eigenvalue weighted by molar-refractivity contribution is 5.88. The van der Waals surface area contributed by atoms with Crippen LogP contribution < -0.4 is 4.74 Å². The van der Waals surface area contributed by atoms with Crippen LogP contribution in [0, 0.1) is 11.3 Å². The van der Waals surface area contributed by atoms with E-state index >= 15 is 0 Å². The molecule has 0 saturated carbocycles. The normalized spacial score (nSPS) is 8.92. The molecule has 1 rings (SSSR count). The summed E-state index contributed by atoms with van der Waals surface area (Å²) in [6.45, 7) is 0. The maximum absolute atomic E-state index is 10.6. The molecule has 1 heterocycles. The number of hydrogen-bond acceptors (Lipinski definition) is 4. The lowest BCUT2D eigenvalue weighted by atomic mass is 10.2. The molecule has 5 heteroatoms. The fourth-order valence-electron chi connectivity index (χ4n) is 0.808. The number of nitriles is 1. The van der Waals surface area contributed by atoms with Crippen molar-refractivity contribution in [1.82, 2.24) is 4.98 Å². The minimum absolute atomic E-state index is 0.0216. The molecular formula is C8H6N2O3. The zero-order chi connectivity index (χ0) is 9.84. The summed E-state index contributed by atoms with van der Waals surface area (Å²) >= 11 is 0. The summed E-state index contributed by atoms with van der Waals surface area (Å²) in [5.41, 5.74) is -0.268. The molecule has 0 atom stereocenters. The molecule has 1 aromatic rings. The average Bonchev–Trinajstić information content (AvgIpc) is 2.16. The largest absolute Gasteiger partial charge is 0.481 e. The van der Waals surface area contributed by atoms with Crippen LogP contribution in [0.25, 0.3) is 0 Å². The van der Waals surface area contributed by atoms with E-state index < -0.39 is 5.97 Å². The third-order valence-corrected chi connectivity index (χ3v) is 1.40. The lowest BCUT2D eigenvalue weighted by Gasteiger charge is -2.00. The molecule has 0 fully saturated rings. The van der Waals surface area contributed by atoms with Crippen molar-refractivity contribution in [2.24, 2.45) is 0 Å². The van der Waals surface area contributed by atoms with E-state index in [1.54, 1.807) is 6.07 Å².